The lowest BCUT2D eigenvalue weighted by atomic mass is 9.85. The van der Waals surface area contributed by atoms with E-state index in [1.54, 1.807) is 0 Å². The smallest absolute Gasteiger partial charge is 0.321 e. The predicted octanol–water partition coefficient (Wildman–Crippen LogP) is 7.25. The van der Waals surface area contributed by atoms with E-state index in [1.165, 1.54) is 24.7 Å². The van der Waals surface area contributed by atoms with Gasteiger partial charge in [0.15, 0.2) is 12.1 Å². The Hall–Kier alpha value is -4.60. The molecule has 2 aliphatic heterocycles. The van der Waals surface area contributed by atoms with Gasteiger partial charge in [0.05, 0.1) is 19.4 Å². The largest absolute Gasteiger partial charge is 0.468 e. The summed E-state index contributed by atoms with van der Waals surface area (Å²) >= 11 is 0. The number of fused-ring (bicyclic) bond motifs is 7. The van der Waals surface area contributed by atoms with Gasteiger partial charge < -0.3 is 34.8 Å². The van der Waals surface area contributed by atoms with Gasteiger partial charge in [-0.1, -0.05) is 58.4 Å². The van der Waals surface area contributed by atoms with Gasteiger partial charge in [-0.15, -0.1) is 0 Å². The maximum atomic E-state index is 14.3. The van der Waals surface area contributed by atoms with Crippen LogP contribution in [0.4, 0.5) is 0 Å². The second-order valence-corrected chi connectivity index (χ2v) is 15.8. The van der Waals surface area contributed by atoms with Gasteiger partial charge in [-0.25, -0.2) is 0 Å². The van der Waals surface area contributed by atoms with E-state index in [4.69, 9.17) is 9.47 Å². The number of Topliss-reactive ketones (excluding diaryl/α,β-unsaturated/α-hetero) is 1. The quantitative estimate of drug-likeness (QED) is 0.0544. The Morgan fingerprint density at radius 3 is 2.41 bits per heavy atom. The zero-order valence-corrected chi connectivity index (χ0v) is 33.5. The molecular weight excluding hydrogens is 677 g/mol. The van der Waals surface area contributed by atoms with Crippen LogP contribution < -0.4 is 16.0 Å². The van der Waals surface area contributed by atoms with Crippen molar-refractivity contribution in [1.82, 2.24) is 20.3 Å². The topological polar surface area (TPSA) is 132 Å². The summed E-state index contributed by atoms with van der Waals surface area (Å²) in [6, 6.07) is 0. The Morgan fingerprint density at radius 1 is 1.00 bits per heavy atom. The fraction of sp³-hybridized carbons (Fsp3) is 0.467. The van der Waals surface area contributed by atoms with Crippen LogP contribution in [0.3, 0.4) is 0 Å². The highest BCUT2D eigenvalue weighted by molar-refractivity contribution is 6.24. The monoisotopic (exact) mass is 734 g/mol. The summed E-state index contributed by atoms with van der Waals surface area (Å²) in [5.74, 6) is -1.50. The Bertz CT molecular complexity index is 2180. The van der Waals surface area contributed by atoms with E-state index in [9.17, 15) is 14.7 Å². The number of aromatic nitrogens is 3. The molecule has 288 valence electrons. The first-order chi connectivity index (χ1) is 25.8. The maximum absolute atomic E-state index is 14.3. The van der Waals surface area contributed by atoms with Crippen molar-refractivity contribution in [3.05, 3.63) is 96.5 Å². The molecule has 9 heteroatoms. The standard InChI is InChI=1S/C45H58N4O5/c1-11-29-25(6)32-20-34-27(8)31(16-17-38(50)54-19-18-24(5)15-13-14-23(3)4)42(48-34)40-41(45(52)53-10)44(51)39-28(9)35(49-43(39)40)22-37-30(12-2)26(7)33(47-37)21-36(29)46-32/h11,18,20-23,27,31,38,41,46-50H,1,12-17,19H2,2-10H3/b24-18+,33-21-,34-20-,37-22-,42-40-/t27-,31-,38?,41+/m0/s1. The predicted molar refractivity (Wildman–Crippen MR) is 217 cm³/mol. The third-order valence-corrected chi connectivity index (χ3v) is 11.9. The number of aliphatic hydroxyl groups is 1. The van der Waals surface area contributed by atoms with Gasteiger partial charge in [-0.05, 0) is 106 Å². The zero-order valence-electron chi connectivity index (χ0n) is 33.5. The van der Waals surface area contributed by atoms with Gasteiger partial charge in [0.2, 0.25) is 0 Å². The number of H-pyrrole nitrogens is 3. The molecule has 0 radical (unpaired) electrons. The number of ether oxygens (including phenoxy) is 2. The van der Waals surface area contributed by atoms with Crippen LogP contribution in [0.25, 0.3) is 29.9 Å². The van der Waals surface area contributed by atoms with Crippen LogP contribution in [0.2, 0.25) is 0 Å². The second kappa shape index (κ2) is 16.0. The van der Waals surface area contributed by atoms with E-state index < -0.39 is 18.2 Å². The van der Waals surface area contributed by atoms with Gasteiger partial charge in [0.1, 0.15) is 5.92 Å². The molecular formula is C45H58N4O5. The minimum Gasteiger partial charge on any atom is -0.468 e. The minimum atomic E-state index is -1.12. The summed E-state index contributed by atoms with van der Waals surface area (Å²) in [5.41, 5.74) is 12.7. The highest BCUT2D eigenvalue weighted by atomic mass is 16.6. The van der Waals surface area contributed by atoms with Crippen molar-refractivity contribution < 1.29 is 24.2 Å². The molecule has 1 saturated heterocycles. The number of carbonyl (C=O) groups excluding carboxylic acids is 2. The van der Waals surface area contributed by atoms with Crippen molar-refractivity contribution in [2.45, 2.75) is 100 Å². The molecule has 5 heterocycles. The number of carbonyl (C=O) groups is 2. The summed E-state index contributed by atoms with van der Waals surface area (Å²) in [5, 5.41) is 16.7. The van der Waals surface area contributed by atoms with E-state index in [2.05, 4.69) is 99.6 Å². The van der Waals surface area contributed by atoms with Gasteiger partial charge in [-0.3, -0.25) is 9.59 Å². The molecule has 8 bridgehead atoms. The average molecular weight is 735 g/mol. The highest BCUT2D eigenvalue weighted by Gasteiger charge is 2.48. The summed E-state index contributed by atoms with van der Waals surface area (Å²) in [4.78, 5) is 38.8. The molecule has 4 atom stereocenters. The van der Waals surface area contributed by atoms with E-state index in [0.717, 1.165) is 80.7 Å². The van der Waals surface area contributed by atoms with E-state index >= 15 is 0 Å². The van der Waals surface area contributed by atoms with Crippen LogP contribution in [0.1, 0.15) is 128 Å². The van der Waals surface area contributed by atoms with Gasteiger partial charge in [-0.2, -0.15) is 0 Å². The second-order valence-electron chi connectivity index (χ2n) is 15.8. The van der Waals surface area contributed by atoms with Crippen LogP contribution >= 0.6 is 0 Å². The number of methoxy groups -OCH3 is 1. The Morgan fingerprint density at radius 2 is 1.72 bits per heavy atom. The summed E-state index contributed by atoms with van der Waals surface area (Å²) in [7, 11) is 1.33. The molecule has 1 fully saturated rings. The minimum absolute atomic E-state index is 0.0415. The zero-order chi connectivity index (χ0) is 39.0. The van der Waals surface area contributed by atoms with Crippen molar-refractivity contribution in [3.63, 3.8) is 0 Å². The van der Waals surface area contributed by atoms with Gasteiger partial charge in [0.25, 0.3) is 0 Å². The van der Waals surface area contributed by atoms with Crippen molar-refractivity contribution in [2.75, 3.05) is 13.7 Å². The first-order valence-corrected chi connectivity index (χ1v) is 19.6. The van der Waals surface area contributed by atoms with Gasteiger partial charge in [0, 0.05) is 67.7 Å². The first-order valence-electron chi connectivity index (χ1n) is 19.6. The third kappa shape index (κ3) is 7.28. The molecule has 54 heavy (non-hydrogen) atoms. The number of rotatable bonds is 13. The molecule has 1 aliphatic carbocycles. The van der Waals surface area contributed by atoms with Crippen molar-refractivity contribution in [1.29, 1.82) is 0 Å². The molecule has 0 amide bonds. The number of nitrogens with one attached hydrogen (secondary N) is 4. The Labute approximate surface area is 319 Å². The fourth-order valence-electron chi connectivity index (χ4n) is 8.60. The summed E-state index contributed by atoms with van der Waals surface area (Å²) in [6.45, 7) is 21.5. The lowest BCUT2D eigenvalue weighted by Gasteiger charge is -2.21. The number of aromatic amines is 3. The van der Waals surface area contributed by atoms with E-state index in [1.807, 2.05) is 13.0 Å². The van der Waals surface area contributed by atoms with E-state index in [0.29, 0.717) is 42.2 Å². The van der Waals surface area contributed by atoms with Crippen molar-refractivity contribution in [2.24, 2.45) is 23.7 Å². The molecule has 5 N–H and O–H groups in total. The first kappa shape index (κ1) is 39.1. The number of ketones is 1. The van der Waals surface area contributed by atoms with Crippen LogP contribution in [0.5, 0.6) is 0 Å². The number of esters is 1. The molecule has 9 nitrogen and oxygen atoms in total. The number of aliphatic hydroxyl groups excluding tert-OH is 1. The molecule has 1 unspecified atom stereocenters. The Kier molecular flexibility index (Phi) is 11.6. The normalized spacial score (nSPS) is 23.4. The number of hydrogen-bond donors (Lipinski definition) is 5. The SMILES string of the molecule is C=Cc1c2[nH]c(c1C)/C=C1\N/C(=C3\c4[nH]c(c(C)c4C(=O)[C@@H]3C(=O)OC)/C=c3\[nH]/c(c(C)c3CC)=C\2)[C@@H](CCC(O)OC/C=C(\C)CCCC(C)C)[C@@H]1C. The lowest BCUT2D eigenvalue weighted by Crippen LogP contribution is -2.25. The molecule has 3 aromatic rings. The van der Waals surface area contributed by atoms with Gasteiger partial charge >= 0.3 is 5.97 Å². The summed E-state index contributed by atoms with van der Waals surface area (Å²) in [6.07, 6.45) is 14.4. The van der Waals surface area contributed by atoms with E-state index in [-0.39, 0.29) is 17.6 Å². The summed E-state index contributed by atoms with van der Waals surface area (Å²) < 4.78 is 11.2. The van der Waals surface area contributed by atoms with Crippen LogP contribution in [0.15, 0.2) is 29.6 Å². The third-order valence-electron chi connectivity index (χ3n) is 11.9. The maximum Gasteiger partial charge on any atom is 0.321 e. The van der Waals surface area contributed by atoms with Crippen molar-refractivity contribution >= 4 is 41.6 Å². The number of allylic oxidation sites excluding steroid dienone is 3. The molecule has 0 saturated carbocycles. The molecule has 0 spiro atoms. The van der Waals surface area contributed by atoms with Crippen LogP contribution in [-0.4, -0.2) is 51.8 Å². The fourth-order valence-corrected chi connectivity index (χ4v) is 8.60. The molecule has 3 aliphatic rings. The highest BCUT2D eigenvalue weighted by Crippen LogP contribution is 2.48. The van der Waals surface area contributed by atoms with Crippen LogP contribution in [0, 0.1) is 44.4 Å². The van der Waals surface area contributed by atoms with Crippen molar-refractivity contribution in [3.8, 4) is 0 Å². The molecule has 6 rings (SSSR count). The van der Waals surface area contributed by atoms with Crippen LogP contribution in [-0.2, 0) is 20.7 Å². The molecule has 3 aromatic heterocycles. The average Bonchev–Trinajstić information content (AvgIpc) is 3.87. The Balaban J connectivity index is 1.47. The number of hydrogen-bond acceptors (Lipinski definition) is 6. The molecule has 0 aromatic carbocycles. The lowest BCUT2D eigenvalue weighted by molar-refractivity contribution is -0.141.